The van der Waals surface area contributed by atoms with Gasteiger partial charge in [-0.1, -0.05) is 19.8 Å². The van der Waals surface area contributed by atoms with E-state index in [1.165, 1.54) is 25.7 Å². The number of rotatable bonds is 6. The van der Waals surface area contributed by atoms with E-state index < -0.39 is 12.1 Å². The number of carboxylic acids is 1. The van der Waals surface area contributed by atoms with Crippen molar-refractivity contribution in [3.63, 3.8) is 0 Å². The van der Waals surface area contributed by atoms with E-state index in [2.05, 4.69) is 11.8 Å². The van der Waals surface area contributed by atoms with Crippen LogP contribution in [0.25, 0.3) is 0 Å². The van der Waals surface area contributed by atoms with E-state index in [4.69, 9.17) is 9.84 Å². The van der Waals surface area contributed by atoms with E-state index in [1.54, 1.807) is 0 Å². The number of carboxylic acid groups (broad SMARTS) is 1. The minimum absolute atomic E-state index is 0.460. The minimum Gasteiger partial charge on any atom is -0.479 e. The summed E-state index contributed by atoms with van der Waals surface area (Å²) in [6, 6.07) is 0.528. The molecule has 1 rings (SSSR count). The van der Waals surface area contributed by atoms with E-state index in [0.29, 0.717) is 19.2 Å². The highest BCUT2D eigenvalue weighted by molar-refractivity contribution is 5.72. The molecule has 2 unspecified atom stereocenters. The van der Waals surface area contributed by atoms with Crippen molar-refractivity contribution in [3.05, 3.63) is 0 Å². The molecule has 17 heavy (non-hydrogen) atoms. The number of carbonyl (C=O) groups is 1. The molecule has 0 spiro atoms. The van der Waals surface area contributed by atoms with Crippen molar-refractivity contribution in [3.8, 4) is 0 Å². The third kappa shape index (κ3) is 4.64. The summed E-state index contributed by atoms with van der Waals surface area (Å²) < 4.78 is 5.30. The molecule has 0 saturated carbocycles. The zero-order chi connectivity index (χ0) is 12.7. The number of aliphatic carboxylic acids is 1. The molecule has 0 amide bonds. The lowest BCUT2D eigenvalue weighted by Crippen LogP contribution is -2.43. The van der Waals surface area contributed by atoms with E-state index in [0.717, 1.165) is 13.0 Å². The molecule has 1 heterocycles. The van der Waals surface area contributed by atoms with Crippen LogP contribution in [0.2, 0.25) is 0 Å². The summed E-state index contributed by atoms with van der Waals surface area (Å²) in [5.41, 5.74) is 0. The van der Waals surface area contributed by atoms with Crippen LogP contribution in [-0.4, -0.2) is 47.8 Å². The van der Waals surface area contributed by atoms with E-state index in [9.17, 15) is 4.79 Å². The van der Waals surface area contributed by atoms with Gasteiger partial charge in [0.05, 0.1) is 0 Å². The summed E-state index contributed by atoms with van der Waals surface area (Å²) in [4.78, 5) is 13.4. The Kier molecular flexibility index (Phi) is 6.52. The van der Waals surface area contributed by atoms with E-state index in [-0.39, 0.29) is 0 Å². The van der Waals surface area contributed by atoms with Crippen molar-refractivity contribution in [2.75, 3.05) is 19.7 Å². The lowest BCUT2D eigenvalue weighted by Gasteiger charge is -2.31. The summed E-state index contributed by atoms with van der Waals surface area (Å²) >= 11 is 0. The fourth-order valence-corrected chi connectivity index (χ4v) is 2.56. The summed E-state index contributed by atoms with van der Waals surface area (Å²) in [6.07, 6.45) is 5.32. The number of nitrogens with zero attached hydrogens (tertiary/aromatic N) is 1. The molecule has 1 fully saturated rings. The van der Waals surface area contributed by atoms with Crippen LogP contribution >= 0.6 is 0 Å². The van der Waals surface area contributed by atoms with Crippen molar-refractivity contribution >= 4 is 5.97 Å². The second kappa shape index (κ2) is 7.67. The molecule has 4 nitrogen and oxygen atoms in total. The van der Waals surface area contributed by atoms with Crippen LogP contribution in [-0.2, 0) is 9.53 Å². The normalized spacial score (nSPS) is 24.2. The molecule has 1 aliphatic rings. The van der Waals surface area contributed by atoms with Crippen molar-refractivity contribution in [1.82, 2.24) is 4.90 Å². The van der Waals surface area contributed by atoms with Gasteiger partial charge in [-0.25, -0.2) is 4.79 Å². The molecule has 0 aliphatic carbocycles. The molecule has 0 aromatic carbocycles. The maximum atomic E-state index is 11.1. The van der Waals surface area contributed by atoms with Crippen molar-refractivity contribution < 1.29 is 14.6 Å². The van der Waals surface area contributed by atoms with Gasteiger partial charge < -0.3 is 9.84 Å². The third-order valence-corrected chi connectivity index (χ3v) is 3.51. The van der Waals surface area contributed by atoms with Gasteiger partial charge in [0.1, 0.15) is 0 Å². The Balaban J connectivity index is 2.57. The fourth-order valence-electron chi connectivity index (χ4n) is 2.56. The summed E-state index contributed by atoms with van der Waals surface area (Å²) in [5, 5.41) is 9.11. The van der Waals surface area contributed by atoms with Crippen LogP contribution in [0, 0.1) is 0 Å². The van der Waals surface area contributed by atoms with Gasteiger partial charge in [0, 0.05) is 19.2 Å². The first-order chi connectivity index (χ1) is 8.19. The van der Waals surface area contributed by atoms with E-state index >= 15 is 0 Å². The second-order valence-corrected chi connectivity index (χ2v) is 4.69. The van der Waals surface area contributed by atoms with Gasteiger partial charge in [0.2, 0.25) is 0 Å². The summed E-state index contributed by atoms with van der Waals surface area (Å²) in [6.45, 7) is 6.02. The van der Waals surface area contributed by atoms with E-state index in [1.807, 2.05) is 6.92 Å². The average Bonchev–Trinajstić information content (AvgIpc) is 2.53. The standard InChI is InChI=1S/C13H25NO3/c1-3-11-8-6-5-7-9-14(11)10-12(13(15)16)17-4-2/h11-12H,3-10H2,1-2H3,(H,15,16). The lowest BCUT2D eigenvalue weighted by molar-refractivity contribution is -0.151. The largest absolute Gasteiger partial charge is 0.479 e. The molecular formula is C13H25NO3. The van der Waals surface area contributed by atoms with Crippen molar-refractivity contribution in [1.29, 1.82) is 0 Å². The average molecular weight is 243 g/mol. The minimum atomic E-state index is -0.842. The lowest BCUT2D eigenvalue weighted by atomic mass is 10.1. The zero-order valence-corrected chi connectivity index (χ0v) is 11.0. The Morgan fingerprint density at radius 3 is 2.76 bits per heavy atom. The molecule has 4 heteroatoms. The smallest absolute Gasteiger partial charge is 0.334 e. The molecule has 2 atom stereocenters. The summed E-state index contributed by atoms with van der Waals surface area (Å²) in [5.74, 6) is -0.842. The van der Waals surface area contributed by atoms with Gasteiger partial charge in [-0.05, 0) is 32.7 Å². The zero-order valence-electron chi connectivity index (χ0n) is 11.0. The fraction of sp³-hybridized carbons (Fsp3) is 0.923. The van der Waals surface area contributed by atoms with Crippen LogP contribution in [0.3, 0.4) is 0 Å². The first kappa shape index (κ1) is 14.5. The number of ether oxygens (including phenoxy) is 1. The maximum absolute atomic E-state index is 11.1. The Morgan fingerprint density at radius 1 is 1.41 bits per heavy atom. The third-order valence-electron chi connectivity index (χ3n) is 3.51. The molecule has 0 radical (unpaired) electrons. The molecule has 1 N–H and O–H groups in total. The highest BCUT2D eigenvalue weighted by Gasteiger charge is 2.26. The van der Waals surface area contributed by atoms with Crippen LogP contribution in [0.4, 0.5) is 0 Å². The second-order valence-electron chi connectivity index (χ2n) is 4.69. The van der Waals surface area contributed by atoms with Crippen molar-refractivity contribution in [2.45, 2.75) is 58.1 Å². The number of hydrogen-bond acceptors (Lipinski definition) is 3. The predicted molar refractivity (Wildman–Crippen MR) is 67.2 cm³/mol. The highest BCUT2D eigenvalue weighted by Crippen LogP contribution is 2.19. The van der Waals surface area contributed by atoms with Gasteiger partial charge in [-0.15, -0.1) is 0 Å². The number of hydrogen-bond donors (Lipinski definition) is 1. The Morgan fingerprint density at radius 2 is 2.18 bits per heavy atom. The number of likely N-dealkylation sites (tertiary alicyclic amines) is 1. The maximum Gasteiger partial charge on any atom is 0.334 e. The van der Waals surface area contributed by atoms with Crippen molar-refractivity contribution in [2.24, 2.45) is 0 Å². The Hall–Kier alpha value is -0.610. The molecule has 1 saturated heterocycles. The Labute approximate surface area is 104 Å². The molecule has 0 bridgehead atoms. The van der Waals surface area contributed by atoms with Gasteiger partial charge in [-0.3, -0.25) is 4.90 Å². The van der Waals surface area contributed by atoms with Gasteiger partial charge in [0.15, 0.2) is 6.10 Å². The van der Waals surface area contributed by atoms with Crippen LogP contribution in [0.5, 0.6) is 0 Å². The molecule has 0 aromatic rings. The van der Waals surface area contributed by atoms with Gasteiger partial charge in [-0.2, -0.15) is 0 Å². The molecule has 0 aromatic heterocycles. The molecule has 100 valence electrons. The van der Waals surface area contributed by atoms with Crippen LogP contribution < -0.4 is 0 Å². The SMILES string of the molecule is CCOC(CN1CCCCCC1CC)C(=O)O. The topological polar surface area (TPSA) is 49.8 Å². The highest BCUT2D eigenvalue weighted by atomic mass is 16.5. The quantitative estimate of drug-likeness (QED) is 0.776. The van der Waals surface area contributed by atoms with Crippen LogP contribution in [0.1, 0.15) is 46.0 Å². The molecular weight excluding hydrogens is 218 g/mol. The monoisotopic (exact) mass is 243 g/mol. The first-order valence-corrected chi connectivity index (χ1v) is 6.77. The first-order valence-electron chi connectivity index (χ1n) is 6.77. The Bertz CT molecular complexity index is 233. The van der Waals surface area contributed by atoms with Gasteiger partial charge >= 0.3 is 5.97 Å². The van der Waals surface area contributed by atoms with Gasteiger partial charge in [0.25, 0.3) is 0 Å². The van der Waals surface area contributed by atoms with Crippen LogP contribution in [0.15, 0.2) is 0 Å². The predicted octanol–water partition coefficient (Wildman–Crippen LogP) is 2.13. The molecule has 1 aliphatic heterocycles. The summed E-state index contributed by atoms with van der Waals surface area (Å²) in [7, 11) is 0.